The Kier molecular flexibility index (Phi) is 2.43. The lowest BCUT2D eigenvalue weighted by Gasteiger charge is -2.06. The van der Waals surface area contributed by atoms with E-state index in [1.165, 1.54) is 24.3 Å². The van der Waals surface area contributed by atoms with E-state index in [2.05, 4.69) is 0 Å². The summed E-state index contributed by atoms with van der Waals surface area (Å²) in [5.74, 6) is -0.0513. The Morgan fingerprint density at radius 2 is 1.84 bits per heavy atom. The second-order valence-electron chi connectivity index (χ2n) is 4.32. The number of phenols is 2. The van der Waals surface area contributed by atoms with Crippen LogP contribution in [0.2, 0.25) is 5.02 Å². The summed E-state index contributed by atoms with van der Waals surface area (Å²) in [4.78, 5) is 12.3. The van der Waals surface area contributed by atoms with Crippen LogP contribution in [0.3, 0.4) is 0 Å². The second kappa shape index (κ2) is 3.90. The molecular weight excluding hydrogens is 268 g/mol. The maximum Gasteiger partial charge on any atom is 0.200 e. The molecule has 3 aromatic rings. The minimum absolute atomic E-state index is 0.0462. The topological polar surface area (TPSA) is 70.7 Å². The summed E-state index contributed by atoms with van der Waals surface area (Å²) in [7, 11) is 0. The monoisotopic (exact) mass is 276 g/mol. The summed E-state index contributed by atoms with van der Waals surface area (Å²) < 4.78 is 5.62. The fourth-order valence-corrected chi connectivity index (χ4v) is 2.34. The number of hydrogen-bond acceptors (Lipinski definition) is 4. The summed E-state index contributed by atoms with van der Waals surface area (Å²) in [5.41, 5.74) is 0.675. The zero-order valence-corrected chi connectivity index (χ0v) is 10.7. The fraction of sp³-hybridized carbons (Fsp3) is 0.0714. The Balaban J connectivity index is 2.64. The summed E-state index contributed by atoms with van der Waals surface area (Å²) in [5, 5.41) is 19.9. The van der Waals surface area contributed by atoms with Crippen molar-refractivity contribution in [3.63, 3.8) is 0 Å². The minimum atomic E-state index is -0.294. The van der Waals surface area contributed by atoms with E-state index in [1.54, 1.807) is 6.92 Å². The van der Waals surface area contributed by atoms with Gasteiger partial charge in [-0.1, -0.05) is 11.6 Å². The number of hydrogen-bond donors (Lipinski definition) is 2. The highest BCUT2D eigenvalue weighted by molar-refractivity contribution is 6.35. The van der Waals surface area contributed by atoms with Gasteiger partial charge in [-0.3, -0.25) is 4.79 Å². The molecule has 0 spiro atoms. The molecule has 0 amide bonds. The molecule has 4 nitrogen and oxygen atoms in total. The highest BCUT2D eigenvalue weighted by atomic mass is 35.5. The lowest BCUT2D eigenvalue weighted by Crippen LogP contribution is -2.03. The lowest BCUT2D eigenvalue weighted by atomic mass is 10.1. The molecule has 0 unspecified atom stereocenters. The first-order chi connectivity index (χ1) is 8.99. The number of rotatable bonds is 0. The van der Waals surface area contributed by atoms with Crippen molar-refractivity contribution in [2.45, 2.75) is 6.92 Å². The molecule has 2 N–H and O–H groups in total. The molecule has 19 heavy (non-hydrogen) atoms. The van der Waals surface area contributed by atoms with Crippen molar-refractivity contribution in [2.75, 3.05) is 0 Å². The van der Waals surface area contributed by atoms with E-state index in [1.807, 2.05) is 0 Å². The highest BCUT2D eigenvalue weighted by Gasteiger charge is 2.14. The average Bonchev–Trinajstić information content (AvgIpc) is 2.36. The highest BCUT2D eigenvalue weighted by Crippen LogP contribution is 2.32. The molecule has 0 aliphatic rings. The van der Waals surface area contributed by atoms with Gasteiger partial charge in [0.2, 0.25) is 5.43 Å². The van der Waals surface area contributed by atoms with Crippen LogP contribution in [0.1, 0.15) is 5.56 Å². The van der Waals surface area contributed by atoms with Crippen molar-refractivity contribution in [1.29, 1.82) is 0 Å². The van der Waals surface area contributed by atoms with Crippen LogP contribution in [0, 0.1) is 6.92 Å². The summed E-state index contributed by atoms with van der Waals surface area (Å²) in [6, 6.07) is 5.54. The average molecular weight is 277 g/mol. The maximum atomic E-state index is 12.3. The van der Waals surface area contributed by atoms with E-state index >= 15 is 0 Å². The van der Waals surface area contributed by atoms with Crippen molar-refractivity contribution in [2.24, 2.45) is 0 Å². The number of fused-ring (bicyclic) bond motifs is 2. The minimum Gasteiger partial charge on any atom is -0.508 e. The molecule has 0 bridgehead atoms. The van der Waals surface area contributed by atoms with Crippen molar-refractivity contribution in [1.82, 2.24) is 0 Å². The Labute approximate surface area is 112 Å². The second-order valence-corrected chi connectivity index (χ2v) is 4.73. The molecular formula is C14H9ClO4. The third kappa shape index (κ3) is 1.64. The van der Waals surface area contributed by atoms with E-state index < -0.39 is 0 Å². The summed E-state index contributed by atoms with van der Waals surface area (Å²) in [6.45, 7) is 1.65. The molecule has 0 aliphatic heterocycles. The Morgan fingerprint density at radius 3 is 2.58 bits per heavy atom. The Hall–Kier alpha value is -2.20. The van der Waals surface area contributed by atoms with Gasteiger partial charge in [0.15, 0.2) is 5.58 Å². The van der Waals surface area contributed by atoms with Gasteiger partial charge in [0, 0.05) is 11.6 Å². The van der Waals surface area contributed by atoms with Gasteiger partial charge >= 0.3 is 0 Å². The van der Waals surface area contributed by atoms with Gasteiger partial charge in [-0.15, -0.1) is 0 Å². The number of benzene rings is 2. The fourth-order valence-electron chi connectivity index (χ4n) is 2.09. The van der Waals surface area contributed by atoms with Gasteiger partial charge in [0.1, 0.15) is 17.1 Å². The van der Waals surface area contributed by atoms with E-state index in [-0.39, 0.29) is 32.9 Å². The predicted octanol–water partition coefficient (Wildman–Crippen LogP) is 3.32. The SMILES string of the molecule is Cc1c(O)ccc2c(=O)c3cc(O)cc(Cl)c3oc12. The van der Waals surface area contributed by atoms with Crippen LogP contribution in [0.5, 0.6) is 11.5 Å². The van der Waals surface area contributed by atoms with Gasteiger partial charge in [-0.05, 0) is 25.1 Å². The molecule has 0 aliphatic carbocycles. The first kappa shape index (κ1) is 11.9. The van der Waals surface area contributed by atoms with Crippen molar-refractivity contribution >= 4 is 33.5 Å². The van der Waals surface area contributed by atoms with E-state index in [9.17, 15) is 15.0 Å². The first-order valence-electron chi connectivity index (χ1n) is 5.56. The van der Waals surface area contributed by atoms with Crippen LogP contribution >= 0.6 is 11.6 Å². The molecule has 96 valence electrons. The van der Waals surface area contributed by atoms with Gasteiger partial charge in [-0.25, -0.2) is 0 Å². The standard InChI is InChI=1S/C14H9ClO4/c1-6-11(17)3-2-8-12(18)9-4-7(16)5-10(15)14(9)19-13(6)8/h2-5,16-17H,1H3. The lowest BCUT2D eigenvalue weighted by molar-refractivity contribution is 0.470. The van der Waals surface area contributed by atoms with Crippen LogP contribution in [0.4, 0.5) is 0 Å². The third-order valence-electron chi connectivity index (χ3n) is 3.10. The normalized spacial score (nSPS) is 11.3. The molecule has 0 radical (unpaired) electrons. The molecule has 1 heterocycles. The molecule has 0 atom stereocenters. The van der Waals surface area contributed by atoms with Crippen LogP contribution in [0.15, 0.2) is 33.5 Å². The molecule has 2 aromatic carbocycles. The van der Waals surface area contributed by atoms with E-state index in [0.717, 1.165) is 0 Å². The summed E-state index contributed by atoms with van der Waals surface area (Å²) >= 11 is 5.97. The van der Waals surface area contributed by atoms with Crippen LogP contribution < -0.4 is 5.43 Å². The Morgan fingerprint density at radius 1 is 1.11 bits per heavy atom. The zero-order valence-electron chi connectivity index (χ0n) is 9.90. The van der Waals surface area contributed by atoms with Gasteiger partial charge in [-0.2, -0.15) is 0 Å². The maximum absolute atomic E-state index is 12.3. The van der Waals surface area contributed by atoms with E-state index in [4.69, 9.17) is 16.0 Å². The predicted molar refractivity (Wildman–Crippen MR) is 73.1 cm³/mol. The van der Waals surface area contributed by atoms with Gasteiger partial charge in [0.05, 0.1) is 15.8 Å². The Bertz CT molecular complexity index is 880. The number of aryl methyl sites for hydroxylation is 1. The smallest absolute Gasteiger partial charge is 0.200 e. The molecule has 0 saturated carbocycles. The van der Waals surface area contributed by atoms with Crippen LogP contribution in [-0.2, 0) is 0 Å². The van der Waals surface area contributed by atoms with Crippen molar-refractivity contribution < 1.29 is 14.6 Å². The van der Waals surface area contributed by atoms with Gasteiger partial charge in [0.25, 0.3) is 0 Å². The molecule has 1 aromatic heterocycles. The van der Waals surface area contributed by atoms with Crippen LogP contribution in [0.25, 0.3) is 21.9 Å². The molecule has 3 rings (SSSR count). The quantitative estimate of drug-likeness (QED) is 0.618. The molecule has 5 heteroatoms. The van der Waals surface area contributed by atoms with Crippen LogP contribution in [-0.4, -0.2) is 10.2 Å². The third-order valence-corrected chi connectivity index (χ3v) is 3.38. The molecule has 0 fully saturated rings. The number of phenolic OH excluding ortho intramolecular Hbond substituents is 2. The van der Waals surface area contributed by atoms with E-state index in [0.29, 0.717) is 16.5 Å². The van der Waals surface area contributed by atoms with Crippen molar-refractivity contribution in [3.05, 3.63) is 45.1 Å². The summed E-state index contributed by atoms with van der Waals surface area (Å²) in [6.07, 6.45) is 0. The van der Waals surface area contributed by atoms with Gasteiger partial charge < -0.3 is 14.6 Å². The number of halogens is 1. The largest absolute Gasteiger partial charge is 0.508 e. The molecule has 0 saturated heterocycles. The number of aromatic hydroxyl groups is 2. The first-order valence-corrected chi connectivity index (χ1v) is 5.94. The zero-order chi connectivity index (χ0) is 13.7. The van der Waals surface area contributed by atoms with Crippen molar-refractivity contribution in [3.8, 4) is 11.5 Å².